The minimum atomic E-state index is 0.625. The maximum absolute atomic E-state index is 5.70. The predicted molar refractivity (Wildman–Crippen MR) is 101 cm³/mol. The summed E-state index contributed by atoms with van der Waals surface area (Å²) in [4.78, 5) is 8.86. The van der Waals surface area contributed by atoms with Crippen molar-refractivity contribution in [3.8, 4) is 11.5 Å². The van der Waals surface area contributed by atoms with E-state index in [1.165, 1.54) is 11.1 Å². The van der Waals surface area contributed by atoms with Gasteiger partial charge in [0.15, 0.2) is 11.5 Å². The van der Waals surface area contributed by atoms with E-state index in [2.05, 4.69) is 47.1 Å². The summed E-state index contributed by atoms with van der Waals surface area (Å²) in [6.45, 7) is 6.33. The highest BCUT2D eigenvalue weighted by Gasteiger charge is 2.11. The van der Waals surface area contributed by atoms with Crippen molar-refractivity contribution in [1.29, 1.82) is 0 Å². The number of ether oxygens (including phenoxy) is 2. The lowest BCUT2D eigenvalue weighted by Crippen LogP contribution is -2.31. The van der Waals surface area contributed by atoms with Gasteiger partial charge >= 0.3 is 0 Å². The summed E-state index contributed by atoms with van der Waals surface area (Å²) in [7, 11) is 5.87. The average molecular weight is 343 g/mol. The van der Waals surface area contributed by atoms with Crippen LogP contribution in [0.25, 0.3) is 0 Å². The monoisotopic (exact) mass is 343 g/mol. The Hall–Kier alpha value is -2.11. The van der Waals surface area contributed by atoms with E-state index in [0.29, 0.717) is 6.61 Å². The van der Waals surface area contributed by atoms with Gasteiger partial charge in [-0.1, -0.05) is 12.1 Å². The topological polar surface area (TPSA) is 37.8 Å². The molecule has 0 fully saturated rings. The molecule has 1 aromatic carbocycles. The highest BCUT2D eigenvalue weighted by Crippen LogP contribution is 2.28. The third kappa shape index (κ3) is 6.36. The Morgan fingerprint density at radius 2 is 1.80 bits per heavy atom. The van der Waals surface area contributed by atoms with Gasteiger partial charge in [0, 0.05) is 38.6 Å². The lowest BCUT2D eigenvalue weighted by Gasteiger charge is -2.24. The van der Waals surface area contributed by atoms with Crippen LogP contribution in [-0.4, -0.2) is 55.7 Å². The summed E-state index contributed by atoms with van der Waals surface area (Å²) >= 11 is 0. The van der Waals surface area contributed by atoms with Gasteiger partial charge in [0.05, 0.1) is 13.7 Å². The molecule has 136 valence electrons. The Morgan fingerprint density at radius 3 is 2.44 bits per heavy atom. The molecule has 0 aliphatic carbocycles. The molecule has 0 unspecified atom stereocenters. The lowest BCUT2D eigenvalue weighted by atomic mass is 10.1. The second-order valence-corrected chi connectivity index (χ2v) is 6.29. The molecule has 1 aromatic heterocycles. The molecule has 5 heteroatoms. The number of rotatable bonds is 10. The lowest BCUT2D eigenvalue weighted by molar-refractivity contribution is 0.225. The van der Waals surface area contributed by atoms with E-state index >= 15 is 0 Å². The predicted octanol–water partition coefficient (Wildman–Crippen LogP) is 3.05. The molecule has 5 nitrogen and oxygen atoms in total. The maximum atomic E-state index is 5.70. The Morgan fingerprint density at radius 1 is 1.00 bits per heavy atom. The van der Waals surface area contributed by atoms with Gasteiger partial charge in [0.1, 0.15) is 0 Å². The number of methoxy groups -OCH3 is 1. The number of likely N-dealkylation sites (N-methyl/N-ethyl adjacent to an activating group) is 1. The van der Waals surface area contributed by atoms with E-state index in [0.717, 1.165) is 37.7 Å². The second-order valence-electron chi connectivity index (χ2n) is 6.29. The highest BCUT2D eigenvalue weighted by atomic mass is 16.5. The third-order valence-electron chi connectivity index (χ3n) is 3.93. The Kier molecular flexibility index (Phi) is 7.70. The van der Waals surface area contributed by atoms with Crippen LogP contribution >= 0.6 is 0 Å². The SMILES string of the molecule is CCOc1cc(CN(CCN(C)C)Cc2cccnc2)ccc1OC. The van der Waals surface area contributed by atoms with Crippen molar-refractivity contribution in [1.82, 2.24) is 14.8 Å². The van der Waals surface area contributed by atoms with Crippen molar-refractivity contribution in [2.45, 2.75) is 20.0 Å². The van der Waals surface area contributed by atoms with Gasteiger partial charge in [-0.15, -0.1) is 0 Å². The zero-order chi connectivity index (χ0) is 18.1. The summed E-state index contributed by atoms with van der Waals surface area (Å²) in [6, 6.07) is 10.3. The smallest absolute Gasteiger partial charge is 0.161 e. The number of benzene rings is 1. The molecule has 2 rings (SSSR count). The van der Waals surface area contributed by atoms with Gasteiger partial charge in [-0.2, -0.15) is 0 Å². The summed E-state index contributed by atoms with van der Waals surface area (Å²) < 4.78 is 11.1. The summed E-state index contributed by atoms with van der Waals surface area (Å²) in [5, 5.41) is 0. The molecule has 0 aliphatic rings. The first kappa shape index (κ1) is 19.2. The fourth-order valence-electron chi connectivity index (χ4n) is 2.65. The fourth-order valence-corrected chi connectivity index (χ4v) is 2.65. The van der Waals surface area contributed by atoms with Gasteiger partial charge in [-0.05, 0) is 50.3 Å². The first-order valence-electron chi connectivity index (χ1n) is 8.68. The molecule has 0 amide bonds. The summed E-state index contributed by atoms with van der Waals surface area (Å²) in [5.41, 5.74) is 2.44. The normalized spacial score (nSPS) is 11.1. The fraction of sp³-hybridized carbons (Fsp3) is 0.450. The van der Waals surface area contributed by atoms with E-state index < -0.39 is 0 Å². The molecule has 25 heavy (non-hydrogen) atoms. The molecule has 0 spiro atoms. The molecule has 0 radical (unpaired) electrons. The van der Waals surface area contributed by atoms with Crippen molar-refractivity contribution < 1.29 is 9.47 Å². The third-order valence-corrected chi connectivity index (χ3v) is 3.93. The van der Waals surface area contributed by atoms with Crippen LogP contribution in [0.15, 0.2) is 42.7 Å². The minimum Gasteiger partial charge on any atom is -0.493 e. The van der Waals surface area contributed by atoms with E-state index in [-0.39, 0.29) is 0 Å². The molecule has 0 bridgehead atoms. The second kappa shape index (κ2) is 10.0. The molecular formula is C20H29N3O2. The van der Waals surface area contributed by atoms with Gasteiger partial charge in [-0.3, -0.25) is 9.88 Å². The van der Waals surface area contributed by atoms with Crippen LogP contribution in [0, 0.1) is 0 Å². The van der Waals surface area contributed by atoms with E-state index in [1.54, 1.807) is 7.11 Å². The van der Waals surface area contributed by atoms with Gasteiger partial charge in [0.2, 0.25) is 0 Å². The molecular weight excluding hydrogens is 314 g/mol. The van der Waals surface area contributed by atoms with E-state index in [1.807, 2.05) is 31.5 Å². The minimum absolute atomic E-state index is 0.625. The Labute approximate surface area is 151 Å². The largest absolute Gasteiger partial charge is 0.493 e. The zero-order valence-corrected chi connectivity index (χ0v) is 15.7. The number of nitrogens with zero attached hydrogens (tertiary/aromatic N) is 3. The van der Waals surface area contributed by atoms with Crippen LogP contribution in [0.2, 0.25) is 0 Å². The van der Waals surface area contributed by atoms with E-state index in [4.69, 9.17) is 9.47 Å². The number of hydrogen-bond acceptors (Lipinski definition) is 5. The summed E-state index contributed by atoms with van der Waals surface area (Å²) in [5.74, 6) is 1.58. The summed E-state index contributed by atoms with van der Waals surface area (Å²) in [6.07, 6.45) is 3.74. The zero-order valence-electron chi connectivity index (χ0n) is 15.7. The van der Waals surface area contributed by atoms with Crippen molar-refractivity contribution in [2.75, 3.05) is 40.9 Å². The molecule has 0 saturated carbocycles. The molecule has 0 atom stereocenters. The van der Waals surface area contributed by atoms with E-state index in [9.17, 15) is 0 Å². The first-order chi connectivity index (χ1) is 12.1. The van der Waals surface area contributed by atoms with Crippen LogP contribution < -0.4 is 9.47 Å². The molecule has 2 aromatic rings. The van der Waals surface area contributed by atoms with Crippen molar-refractivity contribution >= 4 is 0 Å². The van der Waals surface area contributed by atoms with Gasteiger partial charge < -0.3 is 14.4 Å². The van der Waals surface area contributed by atoms with Crippen LogP contribution in [-0.2, 0) is 13.1 Å². The van der Waals surface area contributed by atoms with Crippen LogP contribution in [0.1, 0.15) is 18.1 Å². The van der Waals surface area contributed by atoms with Crippen LogP contribution in [0.4, 0.5) is 0 Å². The average Bonchev–Trinajstić information content (AvgIpc) is 2.61. The first-order valence-corrected chi connectivity index (χ1v) is 8.68. The molecule has 1 heterocycles. The van der Waals surface area contributed by atoms with Crippen molar-refractivity contribution in [3.05, 3.63) is 53.9 Å². The van der Waals surface area contributed by atoms with Crippen LogP contribution in [0.5, 0.6) is 11.5 Å². The van der Waals surface area contributed by atoms with Gasteiger partial charge in [0.25, 0.3) is 0 Å². The Bertz CT molecular complexity index is 632. The van der Waals surface area contributed by atoms with Gasteiger partial charge in [-0.25, -0.2) is 0 Å². The molecule has 0 aliphatic heterocycles. The number of hydrogen-bond donors (Lipinski definition) is 0. The van der Waals surface area contributed by atoms with Crippen LogP contribution in [0.3, 0.4) is 0 Å². The molecule has 0 N–H and O–H groups in total. The molecule has 0 saturated heterocycles. The quantitative estimate of drug-likeness (QED) is 0.663. The maximum Gasteiger partial charge on any atom is 0.161 e. The number of pyridine rings is 1. The van der Waals surface area contributed by atoms with Crippen molar-refractivity contribution in [3.63, 3.8) is 0 Å². The number of aromatic nitrogens is 1. The standard InChI is InChI=1S/C20H29N3O2/c1-5-25-20-13-17(8-9-19(20)24-4)15-23(12-11-22(2)3)16-18-7-6-10-21-14-18/h6-10,13-14H,5,11-12,15-16H2,1-4H3. The Balaban J connectivity index is 2.13. The van der Waals surface area contributed by atoms with Crippen molar-refractivity contribution in [2.24, 2.45) is 0 Å². The highest BCUT2D eigenvalue weighted by molar-refractivity contribution is 5.43.